The molecule has 2 aliphatic rings. The molecule has 2 heterocycles. The van der Waals surface area contributed by atoms with Gasteiger partial charge in [-0.05, 0) is 70.1 Å². The average molecular weight is 461 g/mol. The first kappa shape index (κ1) is 24.6. The van der Waals surface area contributed by atoms with Crippen LogP contribution >= 0.6 is 11.8 Å². The molecule has 0 saturated carbocycles. The number of piperidine rings is 1. The number of carbonyl (C=O) groups excluding carboxylic acids is 3. The van der Waals surface area contributed by atoms with Crippen molar-refractivity contribution in [2.45, 2.75) is 38.1 Å². The SMILES string of the molecule is CSCC(=O)N1CCC(C2(Cc3ccccc3C)NC(=O)N(CCCN(C)C)C2=O)CC1. The lowest BCUT2D eigenvalue weighted by molar-refractivity contribution is -0.135. The maximum Gasteiger partial charge on any atom is 0.325 e. The standard InChI is InChI=1S/C24H36N4O3S/c1-18-8-5-6-9-19(18)16-24(20-10-14-27(15-11-20)21(29)17-32-4)22(30)28(23(31)25-24)13-7-12-26(2)3/h5-6,8-9,20H,7,10-17H2,1-4H3,(H,25,31). The van der Waals surface area contributed by atoms with Crippen molar-refractivity contribution < 1.29 is 14.4 Å². The summed E-state index contributed by atoms with van der Waals surface area (Å²) in [7, 11) is 3.97. The number of nitrogens with zero attached hydrogens (tertiary/aromatic N) is 3. The Morgan fingerprint density at radius 3 is 2.53 bits per heavy atom. The number of aryl methyl sites for hydroxylation is 1. The number of likely N-dealkylation sites (tertiary alicyclic amines) is 1. The molecule has 32 heavy (non-hydrogen) atoms. The van der Waals surface area contributed by atoms with Crippen LogP contribution in [0.1, 0.15) is 30.4 Å². The van der Waals surface area contributed by atoms with Crippen LogP contribution in [-0.2, 0) is 16.0 Å². The third-order valence-electron chi connectivity index (χ3n) is 6.73. The molecule has 0 radical (unpaired) electrons. The van der Waals surface area contributed by atoms with E-state index in [9.17, 15) is 14.4 Å². The molecule has 0 aromatic heterocycles. The van der Waals surface area contributed by atoms with Crippen molar-refractivity contribution in [1.29, 1.82) is 0 Å². The lowest BCUT2D eigenvalue weighted by atomic mass is 9.73. The Bertz CT molecular complexity index is 838. The number of carbonyl (C=O) groups is 3. The van der Waals surface area contributed by atoms with Crippen LogP contribution in [0.4, 0.5) is 4.79 Å². The smallest absolute Gasteiger partial charge is 0.325 e. The average Bonchev–Trinajstić information content (AvgIpc) is 3.00. The molecule has 0 aliphatic carbocycles. The van der Waals surface area contributed by atoms with Crippen molar-refractivity contribution in [1.82, 2.24) is 20.0 Å². The molecule has 3 rings (SSSR count). The minimum Gasteiger partial charge on any atom is -0.342 e. The molecule has 8 heteroatoms. The molecule has 0 spiro atoms. The van der Waals surface area contributed by atoms with E-state index >= 15 is 0 Å². The Hall–Kier alpha value is -2.06. The second kappa shape index (κ2) is 10.7. The Kier molecular flexibility index (Phi) is 8.22. The summed E-state index contributed by atoms with van der Waals surface area (Å²) in [6.45, 7) is 4.54. The number of benzene rings is 1. The van der Waals surface area contributed by atoms with Gasteiger partial charge in [-0.3, -0.25) is 14.5 Å². The molecular weight excluding hydrogens is 424 g/mol. The number of rotatable bonds is 9. The summed E-state index contributed by atoms with van der Waals surface area (Å²) in [6, 6.07) is 7.77. The van der Waals surface area contributed by atoms with Crippen LogP contribution in [0, 0.1) is 12.8 Å². The van der Waals surface area contributed by atoms with Gasteiger partial charge in [0, 0.05) is 26.1 Å². The molecule has 1 aromatic carbocycles. The largest absolute Gasteiger partial charge is 0.342 e. The molecule has 1 N–H and O–H groups in total. The predicted octanol–water partition coefficient (Wildman–Crippen LogP) is 2.38. The van der Waals surface area contributed by atoms with E-state index in [0.717, 1.165) is 24.1 Å². The van der Waals surface area contributed by atoms with Crippen LogP contribution in [-0.4, -0.2) is 90.4 Å². The van der Waals surface area contributed by atoms with Crippen molar-refractivity contribution in [3.05, 3.63) is 35.4 Å². The monoisotopic (exact) mass is 460 g/mol. The van der Waals surface area contributed by atoms with Gasteiger partial charge >= 0.3 is 6.03 Å². The van der Waals surface area contributed by atoms with Gasteiger partial charge in [-0.15, -0.1) is 0 Å². The van der Waals surface area contributed by atoms with Crippen LogP contribution in [0.15, 0.2) is 24.3 Å². The fourth-order valence-electron chi connectivity index (χ4n) is 4.88. The highest BCUT2D eigenvalue weighted by Crippen LogP contribution is 2.37. The van der Waals surface area contributed by atoms with Crippen LogP contribution in [0.2, 0.25) is 0 Å². The number of hydrogen-bond donors (Lipinski definition) is 1. The lowest BCUT2D eigenvalue weighted by Crippen LogP contribution is -2.58. The Balaban J connectivity index is 1.83. The van der Waals surface area contributed by atoms with Crippen LogP contribution < -0.4 is 5.32 Å². The lowest BCUT2D eigenvalue weighted by Gasteiger charge is -2.41. The zero-order chi connectivity index (χ0) is 23.3. The van der Waals surface area contributed by atoms with Gasteiger partial charge in [-0.1, -0.05) is 24.3 Å². The maximum atomic E-state index is 13.8. The van der Waals surface area contributed by atoms with Gasteiger partial charge < -0.3 is 15.1 Å². The number of hydrogen-bond acceptors (Lipinski definition) is 5. The second-order valence-corrected chi connectivity index (χ2v) is 10.1. The topological polar surface area (TPSA) is 73.0 Å². The summed E-state index contributed by atoms with van der Waals surface area (Å²) in [5.41, 5.74) is 1.25. The van der Waals surface area contributed by atoms with E-state index in [4.69, 9.17) is 0 Å². The van der Waals surface area contributed by atoms with E-state index < -0.39 is 5.54 Å². The molecule has 1 unspecified atom stereocenters. The van der Waals surface area contributed by atoms with Crippen molar-refractivity contribution in [2.75, 3.05) is 52.3 Å². The molecule has 176 valence electrons. The number of imide groups is 1. The zero-order valence-corrected chi connectivity index (χ0v) is 20.5. The highest BCUT2D eigenvalue weighted by atomic mass is 32.2. The quantitative estimate of drug-likeness (QED) is 0.573. The molecule has 1 aromatic rings. The summed E-state index contributed by atoms with van der Waals surface area (Å²) in [5, 5.41) is 3.14. The van der Waals surface area contributed by atoms with Gasteiger partial charge in [0.05, 0.1) is 5.75 Å². The number of amides is 4. The molecule has 2 saturated heterocycles. The summed E-state index contributed by atoms with van der Waals surface area (Å²) in [6.07, 6.45) is 4.58. The fourth-order valence-corrected chi connectivity index (χ4v) is 5.31. The fraction of sp³-hybridized carbons (Fsp3) is 0.625. The highest BCUT2D eigenvalue weighted by molar-refractivity contribution is 7.99. The first-order chi connectivity index (χ1) is 15.3. The van der Waals surface area contributed by atoms with Gasteiger partial charge in [0.25, 0.3) is 5.91 Å². The first-order valence-corrected chi connectivity index (χ1v) is 12.8. The van der Waals surface area contributed by atoms with Crippen LogP contribution in [0.25, 0.3) is 0 Å². The second-order valence-electron chi connectivity index (χ2n) is 9.21. The first-order valence-electron chi connectivity index (χ1n) is 11.4. The van der Waals surface area contributed by atoms with E-state index in [1.54, 1.807) is 0 Å². The van der Waals surface area contributed by atoms with Gasteiger partial charge in [-0.2, -0.15) is 11.8 Å². The molecule has 4 amide bonds. The Labute approximate surface area is 195 Å². The summed E-state index contributed by atoms with van der Waals surface area (Å²) >= 11 is 1.53. The number of urea groups is 1. The van der Waals surface area contributed by atoms with Crippen molar-refractivity contribution in [2.24, 2.45) is 5.92 Å². The summed E-state index contributed by atoms with van der Waals surface area (Å²) in [5.74, 6) is 0.513. The summed E-state index contributed by atoms with van der Waals surface area (Å²) in [4.78, 5) is 44.5. The molecule has 0 bridgehead atoms. The maximum absolute atomic E-state index is 13.8. The van der Waals surface area contributed by atoms with Crippen molar-refractivity contribution in [3.8, 4) is 0 Å². The van der Waals surface area contributed by atoms with E-state index in [1.807, 2.05) is 56.4 Å². The van der Waals surface area contributed by atoms with Crippen molar-refractivity contribution in [3.63, 3.8) is 0 Å². The number of thioether (sulfide) groups is 1. The van der Waals surface area contributed by atoms with Gasteiger partial charge in [0.1, 0.15) is 5.54 Å². The normalized spacial score (nSPS) is 22.0. The number of nitrogens with one attached hydrogen (secondary N) is 1. The van der Waals surface area contributed by atoms with E-state index in [2.05, 4.69) is 10.2 Å². The molecule has 7 nitrogen and oxygen atoms in total. The molecule has 2 fully saturated rings. The predicted molar refractivity (Wildman–Crippen MR) is 129 cm³/mol. The molecular formula is C24H36N4O3S. The Morgan fingerprint density at radius 2 is 1.91 bits per heavy atom. The highest BCUT2D eigenvalue weighted by Gasteiger charge is 2.55. The minimum atomic E-state index is -0.948. The third kappa shape index (κ3) is 5.29. The van der Waals surface area contributed by atoms with Crippen LogP contribution in [0.5, 0.6) is 0 Å². The third-order valence-corrected chi connectivity index (χ3v) is 7.27. The summed E-state index contributed by atoms with van der Waals surface area (Å²) < 4.78 is 0. The Morgan fingerprint density at radius 1 is 1.22 bits per heavy atom. The van der Waals surface area contributed by atoms with Gasteiger partial charge in [-0.25, -0.2) is 4.79 Å². The minimum absolute atomic E-state index is 0.00395. The zero-order valence-electron chi connectivity index (χ0n) is 19.7. The van der Waals surface area contributed by atoms with Crippen LogP contribution in [0.3, 0.4) is 0 Å². The van der Waals surface area contributed by atoms with Gasteiger partial charge in [0.2, 0.25) is 5.91 Å². The molecule has 1 atom stereocenters. The van der Waals surface area contributed by atoms with E-state index in [1.165, 1.54) is 16.7 Å². The van der Waals surface area contributed by atoms with Gasteiger partial charge in [0.15, 0.2) is 0 Å². The molecule has 2 aliphatic heterocycles. The van der Waals surface area contributed by atoms with Crippen molar-refractivity contribution >= 4 is 29.6 Å². The van der Waals surface area contributed by atoms with E-state index in [-0.39, 0.29) is 23.8 Å². The van der Waals surface area contributed by atoms with E-state index in [0.29, 0.717) is 44.6 Å².